The highest BCUT2D eigenvalue weighted by molar-refractivity contribution is 6.01. The van der Waals surface area contributed by atoms with Crippen LogP contribution in [0.1, 0.15) is 12.5 Å². The first-order valence-electron chi connectivity index (χ1n) is 12.3. The predicted octanol–water partition coefficient (Wildman–Crippen LogP) is 8.51. The lowest BCUT2D eigenvalue weighted by atomic mass is 10.0. The second-order valence-electron chi connectivity index (χ2n) is 9.02. The highest BCUT2D eigenvalue weighted by Gasteiger charge is 2.14. The molecule has 0 atom stereocenters. The van der Waals surface area contributed by atoms with Crippen molar-refractivity contribution in [2.75, 3.05) is 11.5 Å². The largest absolute Gasteiger partial charge is 0.494 e. The number of fused-ring (bicyclic) bond motifs is 3. The Labute approximate surface area is 210 Å². The van der Waals surface area contributed by atoms with Gasteiger partial charge in [0.15, 0.2) is 0 Å². The molecule has 36 heavy (non-hydrogen) atoms. The lowest BCUT2D eigenvalue weighted by Crippen LogP contribution is -2.10. The van der Waals surface area contributed by atoms with Gasteiger partial charge in [-0.05, 0) is 105 Å². The summed E-state index contributed by atoms with van der Waals surface area (Å²) in [5, 5.41) is 16.7. The van der Waals surface area contributed by atoms with Crippen LogP contribution in [0, 0.1) is 0 Å². The number of aliphatic hydroxyl groups is 1. The smallest absolute Gasteiger partial charge is 0.119 e. The summed E-state index contributed by atoms with van der Waals surface area (Å²) in [4.78, 5) is 2.27. The number of anilines is 3. The fraction of sp³-hybridized carbons (Fsp3) is 0.0909. The van der Waals surface area contributed by atoms with E-state index in [4.69, 9.17) is 4.74 Å². The molecule has 0 bridgehead atoms. The van der Waals surface area contributed by atoms with Crippen LogP contribution in [-0.4, -0.2) is 11.7 Å². The monoisotopic (exact) mass is 469 g/mol. The fourth-order valence-electron chi connectivity index (χ4n) is 4.87. The molecular weight excluding hydrogens is 442 g/mol. The highest BCUT2D eigenvalue weighted by atomic mass is 16.5. The molecule has 0 spiro atoms. The molecule has 0 aromatic heterocycles. The van der Waals surface area contributed by atoms with Crippen molar-refractivity contribution in [2.45, 2.75) is 13.5 Å². The van der Waals surface area contributed by atoms with Crippen molar-refractivity contribution < 1.29 is 9.84 Å². The number of ether oxygens (including phenoxy) is 1. The Morgan fingerprint density at radius 3 is 1.83 bits per heavy atom. The molecule has 6 rings (SSSR count). The summed E-state index contributed by atoms with van der Waals surface area (Å²) in [5.74, 6) is 0.891. The summed E-state index contributed by atoms with van der Waals surface area (Å²) in [5.41, 5.74) is 4.10. The third kappa shape index (κ3) is 4.15. The molecule has 1 N–H and O–H groups in total. The van der Waals surface area contributed by atoms with Crippen molar-refractivity contribution in [1.82, 2.24) is 0 Å². The van der Waals surface area contributed by atoms with Crippen LogP contribution in [0.5, 0.6) is 5.75 Å². The Bertz CT molecular complexity index is 1690. The van der Waals surface area contributed by atoms with E-state index in [9.17, 15) is 5.11 Å². The van der Waals surface area contributed by atoms with Gasteiger partial charge >= 0.3 is 0 Å². The summed E-state index contributed by atoms with van der Waals surface area (Å²) in [6.45, 7) is 2.69. The molecule has 3 heteroatoms. The Hall–Kier alpha value is -4.34. The van der Waals surface area contributed by atoms with E-state index in [1.165, 1.54) is 26.9 Å². The molecule has 0 aliphatic carbocycles. The van der Waals surface area contributed by atoms with Gasteiger partial charge in [-0.2, -0.15) is 0 Å². The summed E-state index contributed by atoms with van der Waals surface area (Å²) in [7, 11) is 0. The molecule has 0 fully saturated rings. The first-order valence-corrected chi connectivity index (χ1v) is 12.3. The first kappa shape index (κ1) is 22.1. The van der Waals surface area contributed by atoms with Gasteiger partial charge in [-0.15, -0.1) is 0 Å². The lowest BCUT2D eigenvalue weighted by Gasteiger charge is -2.26. The number of nitrogens with zero attached hydrogens (tertiary/aromatic N) is 1. The Kier molecular flexibility index (Phi) is 5.76. The van der Waals surface area contributed by atoms with Gasteiger partial charge in [-0.1, -0.05) is 54.6 Å². The van der Waals surface area contributed by atoms with Gasteiger partial charge in [-0.3, -0.25) is 0 Å². The van der Waals surface area contributed by atoms with Crippen molar-refractivity contribution in [3.63, 3.8) is 0 Å². The molecule has 3 nitrogen and oxygen atoms in total. The summed E-state index contributed by atoms with van der Waals surface area (Å²) in [6, 6.07) is 40.4. The summed E-state index contributed by atoms with van der Waals surface area (Å²) < 4.78 is 5.73. The van der Waals surface area contributed by atoms with Crippen LogP contribution in [0.25, 0.3) is 32.3 Å². The van der Waals surface area contributed by atoms with Crippen LogP contribution in [-0.2, 0) is 6.61 Å². The average Bonchev–Trinajstić information content (AvgIpc) is 2.92. The van der Waals surface area contributed by atoms with E-state index in [0.717, 1.165) is 33.8 Å². The molecule has 0 radical (unpaired) electrons. The van der Waals surface area contributed by atoms with Crippen molar-refractivity contribution in [1.29, 1.82) is 0 Å². The van der Waals surface area contributed by atoms with Crippen LogP contribution in [0.3, 0.4) is 0 Å². The van der Waals surface area contributed by atoms with E-state index in [1.54, 1.807) is 0 Å². The van der Waals surface area contributed by atoms with E-state index < -0.39 is 0 Å². The zero-order valence-electron chi connectivity index (χ0n) is 20.2. The topological polar surface area (TPSA) is 32.7 Å². The van der Waals surface area contributed by atoms with Gasteiger partial charge in [0.25, 0.3) is 0 Å². The molecule has 0 saturated heterocycles. The molecule has 0 amide bonds. The number of aliphatic hydroxyl groups excluding tert-OH is 1. The zero-order chi connectivity index (χ0) is 24.5. The second kappa shape index (κ2) is 9.37. The maximum absolute atomic E-state index is 9.56. The Morgan fingerprint density at radius 1 is 0.556 bits per heavy atom. The van der Waals surface area contributed by atoms with Crippen molar-refractivity contribution in [3.8, 4) is 5.75 Å². The molecule has 0 aliphatic heterocycles. The molecule has 176 valence electrons. The van der Waals surface area contributed by atoms with Gasteiger partial charge in [0.2, 0.25) is 0 Å². The normalized spacial score (nSPS) is 11.3. The number of benzene rings is 6. The maximum Gasteiger partial charge on any atom is 0.119 e. The SMILES string of the molecule is CCOc1ccc2cc3ccc(N(c4ccc(CO)cc4)c4ccc5ccccc5c4)cc3cc2c1. The fourth-order valence-corrected chi connectivity index (χ4v) is 4.87. The van der Waals surface area contributed by atoms with E-state index in [2.05, 4.69) is 102 Å². The third-order valence-corrected chi connectivity index (χ3v) is 6.69. The van der Waals surface area contributed by atoms with E-state index in [-0.39, 0.29) is 6.61 Å². The van der Waals surface area contributed by atoms with Crippen LogP contribution in [0.4, 0.5) is 17.1 Å². The summed E-state index contributed by atoms with van der Waals surface area (Å²) >= 11 is 0. The second-order valence-corrected chi connectivity index (χ2v) is 9.02. The maximum atomic E-state index is 9.56. The predicted molar refractivity (Wildman–Crippen MR) is 151 cm³/mol. The van der Waals surface area contributed by atoms with Gasteiger partial charge in [0, 0.05) is 17.1 Å². The van der Waals surface area contributed by atoms with E-state index >= 15 is 0 Å². The number of rotatable bonds is 6. The highest BCUT2D eigenvalue weighted by Crippen LogP contribution is 2.38. The first-order chi connectivity index (χ1) is 17.7. The molecule has 0 aliphatic rings. The van der Waals surface area contributed by atoms with E-state index in [1.807, 2.05) is 25.1 Å². The third-order valence-electron chi connectivity index (χ3n) is 6.69. The Balaban J connectivity index is 1.52. The minimum absolute atomic E-state index is 0.0308. The Morgan fingerprint density at radius 2 is 1.11 bits per heavy atom. The molecule has 0 heterocycles. The average molecular weight is 470 g/mol. The standard InChI is InChI=1S/C33H27NO2/c1-2-36-33-16-11-27-17-26-10-15-32(20-28(26)18-29(27)21-33)34(30-12-7-23(22-35)8-13-30)31-14-9-24-5-3-4-6-25(24)19-31/h3-21,35H,2,22H2,1H3. The van der Waals surface area contributed by atoms with Gasteiger partial charge in [0.05, 0.1) is 13.2 Å². The molecule has 0 saturated carbocycles. The molecule has 6 aromatic rings. The molecule has 0 unspecified atom stereocenters. The van der Waals surface area contributed by atoms with Gasteiger partial charge in [-0.25, -0.2) is 0 Å². The zero-order valence-corrected chi connectivity index (χ0v) is 20.2. The van der Waals surface area contributed by atoms with Crippen LogP contribution < -0.4 is 9.64 Å². The number of hydrogen-bond acceptors (Lipinski definition) is 3. The van der Waals surface area contributed by atoms with Crippen LogP contribution in [0.15, 0.2) is 115 Å². The van der Waals surface area contributed by atoms with Gasteiger partial charge in [0.1, 0.15) is 5.75 Å². The quantitative estimate of drug-likeness (QED) is 0.248. The number of hydrogen-bond donors (Lipinski definition) is 1. The van der Waals surface area contributed by atoms with Crippen LogP contribution in [0.2, 0.25) is 0 Å². The van der Waals surface area contributed by atoms with Gasteiger partial charge < -0.3 is 14.7 Å². The minimum Gasteiger partial charge on any atom is -0.494 e. The lowest BCUT2D eigenvalue weighted by molar-refractivity contribution is 0.282. The molecule has 6 aromatic carbocycles. The molecular formula is C33H27NO2. The van der Waals surface area contributed by atoms with E-state index in [0.29, 0.717) is 6.61 Å². The summed E-state index contributed by atoms with van der Waals surface area (Å²) in [6.07, 6.45) is 0. The van der Waals surface area contributed by atoms with Crippen molar-refractivity contribution >= 4 is 49.4 Å². The van der Waals surface area contributed by atoms with Crippen molar-refractivity contribution in [2.24, 2.45) is 0 Å². The van der Waals surface area contributed by atoms with Crippen LogP contribution >= 0.6 is 0 Å². The van der Waals surface area contributed by atoms with Crippen molar-refractivity contribution in [3.05, 3.63) is 121 Å². The minimum atomic E-state index is 0.0308.